The zero-order valence-corrected chi connectivity index (χ0v) is 48.0. The molecule has 0 atom stereocenters. The van der Waals surface area contributed by atoms with Gasteiger partial charge in [-0.25, -0.2) is 0 Å². The van der Waals surface area contributed by atoms with Crippen LogP contribution in [-0.2, 0) is 5.41 Å². The van der Waals surface area contributed by atoms with Crippen LogP contribution in [0.15, 0.2) is 291 Å². The normalized spacial score (nSPS) is 13.8. The van der Waals surface area contributed by atoms with Gasteiger partial charge >= 0.3 is 0 Å². The van der Waals surface area contributed by atoms with Crippen molar-refractivity contribution < 1.29 is 9.47 Å². The first kappa shape index (κ1) is 49.5. The minimum Gasteiger partial charge on any atom is -0.458 e. The Morgan fingerprint density at radius 2 is 0.816 bits per heavy atom. The highest BCUT2D eigenvalue weighted by molar-refractivity contribution is 7.02. The summed E-state index contributed by atoms with van der Waals surface area (Å²) < 4.78 is 14.8. The summed E-state index contributed by atoms with van der Waals surface area (Å²) >= 11 is 0. The number of hydrogen-bond donors (Lipinski definition) is 0. The summed E-state index contributed by atoms with van der Waals surface area (Å²) in [6.45, 7) is 4.46. The highest BCUT2D eigenvalue weighted by Crippen LogP contribution is 2.58. The Balaban J connectivity index is 0.892. The smallest absolute Gasteiger partial charge is 0.256 e. The molecule has 18 rings (SSSR count). The maximum Gasteiger partial charge on any atom is 0.256 e. The van der Waals surface area contributed by atoms with Crippen LogP contribution in [0, 0.1) is 0 Å². The van der Waals surface area contributed by atoms with Crippen LogP contribution < -0.4 is 61.9 Å². The number of anilines is 12. The molecule has 0 fully saturated rings. The van der Waals surface area contributed by atoms with Gasteiger partial charge in [0.2, 0.25) is 0 Å². The average Bonchev–Trinajstić information content (AvgIpc) is 1.65. The second-order valence-corrected chi connectivity index (χ2v) is 23.9. The molecule has 1 aliphatic carbocycles. The minimum atomic E-state index is -0.443. The standard InChI is InChI=1S/C79H54B2N4O2/c1-79(2)63-47-59(83(54-29-13-5-14-30-54)55-31-15-6-16-32-55)42-44-61(63)62-48-70-75-78(74(62)79)87-72-40-24-22-38-65(72)80(75)66-49-67-69(50-68(66)84(70)56-33-17-7-18-34-56)85(57-35-19-8-20-36-57)77-60-43-41-58(82(52-25-9-3-10-26-52)53-27-11-4-12-28-53)45-51(60)46-73-76(77)81(67)64-37-21-23-39-71(64)86-73/h3-50H,1-2H3. The second kappa shape index (κ2) is 19.0. The highest BCUT2D eigenvalue weighted by atomic mass is 16.5. The number of para-hydroxylation sites is 8. The summed E-state index contributed by atoms with van der Waals surface area (Å²) in [6, 6.07) is 106. The fourth-order valence-electron chi connectivity index (χ4n) is 15.2. The molecule has 0 saturated carbocycles. The molecule has 0 spiro atoms. The maximum atomic E-state index is 7.55. The Hall–Kier alpha value is -11.0. The van der Waals surface area contributed by atoms with Crippen LogP contribution in [0.5, 0.6) is 23.0 Å². The average molecular weight is 1110 g/mol. The van der Waals surface area contributed by atoms with Crippen molar-refractivity contribution in [3.05, 3.63) is 302 Å². The van der Waals surface area contributed by atoms with Gasteiger partial charge < -0.3 is 29.1 Å². The Labute approximate surface area is 507 Å². The van der Waals surface area contributed by atoms with Gasteiger partial charge in [0.1, 0.15) is 23.0 Å². The molecule has 6 nitrogen and oxygen atoms in total. The lowest BCUT2D eigenvalue weighted by Gasteiger charge is -2.45. The number of hydrogen-bond acceptors (Lipinski definition) is 6. The van der Waals surface area contributed by atoms with E-state index in [-0.39, 0.29) is 13.4 Å². The third kappa shape index (κ3) is 7.37. The minimum absolute atomic E-state index is 0.162. The molecule has 0 bridgehead atoms. The molecule has 8 heteroatoms. The lowest BCUT2D eigenvalue weighted by atomic mass is 9.30. The van der Waals surface area contributed by atoms with Crippen LogP contribution >= 0.6 is 0 Å². The van der Waals surface area contributed by atoms with Crippen molar-refractivity contribution in [2.45, 2.75) is 19.3 Å². The Morgan fingerprint density at radius 3 is 1.39 bits per heavy atom. The summed E-state index contributed by atoms with van der Waals surface area (Å²) in [7, 11) is 0. The van der Waals surface area contributed by atoms with E-state index < -0.39 is 5.41 Å². The van der Waals surface area contributed by atoms with Crippen LogP contribution in [0.25, 0.3) is 21.9 Å². The molecule has 0 aromatic heterocycles. The molecule has 0 radical (unpaired) electrons. The monoisotopic (exact) mass is 1110 g/mol. The van der Waals surface area contributed by atoms with E-state index in [1.54, 1.807) is 0 Å². The van der Waals surface area contributed by atoms with Crippen LogP contribution in [0.4, 0.5) is 68.2 Å². The van der Waals surface area contributed by atoms with Crippen molar-refractivity contribution in [1.82, 2.24) is 0 Å². The van der Waals surface area contributed by atoms with Crippen molar-refractivity contribution in [2.75, 3.05) is 19.6 Å². The van der Waals surface area contributed by atoms with E-state index in [0.717, 1.165) is 118 Å². The van der Waals surface area contributed by atoms with Crippen molar-refractivity contribution in [3.63, 3.8) is 0 Å². The van der Waals surface area contributed by atoms with Crippen molar-refractivity contribution in [1.29, 1.82) is 0 Å². The van der Waals surface area contributed by atoms with Gasteiger partial charge in [-0.05, 0) is 182 Å². The first-order chi connectivity index (χ1) is 42.9. The fourth-order valence-corrected chi connectivity index (χ4v) is 15.2. The first-order valence-electron chi connectivity index (χ1n) is 30.1. The molecule has 13 aromatic carbocycles. The van der Waals surface area contributed by atoms with E-state index in [2.05, 4.69) is 325 Å². The zero-order valence-electron chi connectivity index (χ0n) is 48.0. The predicted octanol–water partition coefficient (Wildman–Crippen LogP) is 16.9. The van der Waals surface area contributed by atoms with Crippen LogP contribution in [-0.4, -0.2) is 13.4 Å². The van der Waals surface area contributed by atoms with E-state index in [4.69, 9.17) is 9.47 Å². The lowest BCUT2D eigenvalue weighted by molar-refractivity contribution is 0.469. The molecule has 0 saturated heterocycles. The number of ether oxygens (including phenoxy) is 2. The van der Waals surface area contributed by atoms with Gasteiger partial charge in [-0.15, -0.1) is 0 Å². The van der Waals surface area contributed by atoms with Gasteiger partial charge in [-0.2, -0.15) is 0 Å². The van der Waals surface area contributed by atoms with Crippen molar-refractivity contribution >= 4 is 125 Å². The molecular formula is C79H54B2N4O2. The number of fused-ring (bicyclic) bond motifs is 14. The molecule has 0 amide bonds. The SMILES string of the molecule is CC1(C)c2cc(N(c3ccccc3)c3ccccc3)ccc2-c2cc3c4c(c21)Oc1ccccc1B4c1cc2c(cc1N3c1ccccc1)N(c1ccccc1)c1c3c(cc4cc(N(c5ccccc5)c5ccccc5)ccc14)Oc1ccccc1B23. The largest absolute Gasteiger partial charge is 0.458 e. The third-order valence-electron chi connectivity index (χ3n) is 18.8. The fraction of sp³-hybridized carbons (Fsp3) is 0.0380. The van der Waals surface area contributed by atoms with Gasteiger partial charge in [0.25, 0.3) is 13.4 Å². The summed E-state index contributed by atoms with van der Waals surface area (Å²) in [6.07, 6.45) is 0. The molecule has 0 unspecified atom stereocenters. The summed E-state index contributed by atoms with van der Waals surface area (Å²) in [4.78, 5) is 9.78. The Bertz CT molecular complexity index is 4850. The second-order valence-electron chi connectivity index (χ2n) is 23.9. The van der Waals surface area contributed by atoms with E-state index in [1.165, 1.54) is 38.6 Å². The first-order valence-corrected chi connectivity index (χ1v) is 30.1. The predicted molar refractivity (Wildman–Crippen MR) is 363 cm³/mol. The summed E-state index contributed by atoms with van der Waals surface area (Å²) in [5, 5.41) is 2.23. The molecule has 0 N–H and O–H groups in total. The van der Waals surface area contributed by atoms with E-state index >= 15 is 0 Å². The quantitative estimate of drug-likeness (QED) is 0.141. The number of nitrogens with zero attached hydrogens (tertiary/aromatic N) is 4. The van der Waals surface area contributed by atoms with Gasteiger partial charge in [-0.3, -0.25) is 0 Å². The topological polar surface area (TPSA) is 31.4 Å². The van der Waals surface area contributed by atoms with Gasteiger partial charge in [-0.1, -0.05) is 178 Å². The van der Waals surface area contributed by atoms with E-state index in [0.29, 0.717) is 0 Å². The molecule has 4 aliphatic heterocycles. The number of rotatable bonds is 8. The lowest BCUT2D eigenvalue weighted by Crippen LogP contribution is -2.64. The maximum absolute atomic E-state index is 7.55. The van der Waals surface area contributed by atoms with Crippen LogP contribution in [0.3, 0.4) is 0 Å². The Kier molecular flexibility index (Phi) is 10.8. The van der Waals surface area contributed by atoms with E-state index in [1.807, 2.05) is 0 Å². The molecule has 4 heterocycles. The van der Waals surface area contributed by atoms with Crippen molar-refractivity contribution in [3.8, 4) is 34.1 Å². The number of benzene rings is 13. The van der Waals surface area contributed by atoms with Crippen LogP contribution in [0.1, 0.15) is 25.0 Å². The van der Waals surface area contributed by atoms with Crippen LogP contribution in [0.2, 0.25) is 0 Å². The van der Waals surface area contributed by atoms with Gasteiger partial charge in [0, 0.05) is 78.9 Å². The van der Waals surface area contributed by atoms with E-state index in [9.17, 15) is 0 Å². The highest BCUT2D eigenvalue weighted by Gasteiger charge is 2.51. The zero-order chi connectivity index (χ0) is 57.5. The summed E-state index contributed by atoms with van der Waals surface area (Å²) in [5.41, 5.74) is 24.7. The van der Waals surface area contributed by atoms with Gasteiger partial charge in [0.15, 0.2) is 0 Å². The third-order valence-corrected chi connectivity index (χ3v) is 18.8. The Morgan fingerprint density at radius 1 is 0.345 bits per heavy atom. The van der Waals surface area contributed by atoms with Crippen molar-refractivity contribution in [2.24, 2.45) is 0 Å². The molecule has 408 valence electrons. The molecule has 5 aliphatic rings. The molecule has 87 heavy (non-hydrogen) atoms. The summed E-state index contributed by atoms with van der Waals surface area (Å²) in [5.74, 6) is 3.56. The van der Waals surface area contributed by atoms with Gasteiger partial charge in [0.05, 0.1) is 5.69 Å². The molecular weight excluding hydrogens is 1060 g/mol. The molecule has 13 aromatic rings.